The van der Waals surface area contributed by atoms with Crippen molar-refractivity contribution in [1.29, 1.82) is 0 Å². The van der Waals surface area contributed by atoms with Crippen molar-refractivity contribution in [2.45, 2.75) is 6.54 Å². The number of hydrogen-bond donors (Lipinski definition) is 2. The molecule has 6 heteroatoms. The van der Waals surface area contributed by atoms with Crippen molar-refractivity contribution in [3.05, 3.63) is 47.0 Å². The Kier molecular flexibility index (Phi) is 3.30. The minimum absolute atomic E-state index is 0.193. The Balaban J connectivity index is 2.04. The van der Waals surface area contributed by atoms with Crippen LogP contribution in [0.4, 0.5) is 5.82 Å². The molecule has 0 aliphatic carbocycles. The van der Waals surface area contributed by atoms with E-state index in [0.29, 0.717) is 12.1 Å². The summed E-state index contributed by atoms with van der Waals surface area (Å²) in [6, 6.07) is 4.70. The first-order valence-electron chi connectivity index (χ1n) is 4.87. The molecule has 0 bridgehead atoms. The number of carbonyl (C=O) groups is 1. The number of nitrogens with two attached hydrogens (primary N) is 1. The van der Waals surface area contributed by atoms with Gasteiger partial charge in [0.15, 0.2) is 0 Å². The highest BCUT2D eigenvalue weighted by Crippen LogP contribution is 2.12. The van der Waals surface area contributed by atoms with Gasteiger partial charge < -0.3 is 15.5 Å². The Morgan fingerprint density at radius 1 is 1.53 bits per heavy atom. The van der Waals surface area contributed by atoms with E-state index in [0.717, 1.165) is 5.56 Å². The van der Waals surface area contributed by atoms with Gasteiger partial charge in [-0.25, -0.2) is 4.98 Å². The van der Waals surface area contributed by atoms with Gasteiger partial charge in [-0.15, -0.1) is 0 Å². The third kappa shape index (κ3) is 2.98. The fourth-order valence-electron chi connectivity index (χ4n) is 1.33. The molecule has 2 heterocycles. The zero-order chi connectivity index (χ0) is 12.3. The monoisotopic (exact) mass is 251 g/mol. The molecule has 0 spiro atoms. The first-order chi connectivity index (χ1) is 8.15. The van der Waals surface area contributed by atoms with Crippen LogP contribution in [0.1, 0.15) is 15.9 Å². The largest absolute Gasteiger partial charge is 0.472 e. The normalized spacial score (nSPS) is 10.2. The third-order valence-electron chi connectivity index (χ3n) is 2.11. The fraction of sp³-hybridized carbons (Fsp3) is 0.0909. The van der Waals surface area contributed by atoms with E-state index < -0.39 is 0 Å². The number of pyridine rings is 1. The second-order valence-corrected chi connectivity index (χ2v) is 3.80. The molecule has 0 aromatic carbocycles. The van der Waals surface area contributed by atoms with Gasteiger partial charge >= 0.3 is 0 Å². The molecule has 3 N–H and O–H groups in total. The van der Waals surface area contributed by atoms with E-state index in [4.69, 9.17) is 21.8 Å². The number of nitrogens with one attached hydrogen (secondary N) is 1. The molecule has 5 nitrogen and oxygen atoms in total. The topological polar surface area (TPSA) is 81.2 Å². The lowest BCUT2D eigenvalue weighted by molar-refractivity contribution is 0.0951. The van der Waals surface area contributed by atoms with Crippen molar-refractivity contribution in [3.8, 4) is 0 Å². The Bertz CT molecular complexity index is 505. The van der Waals surface area contributed by atoms with Crippen LogP contribution in [0.5, 0.6) is 0 Å². The van der Waals surface area contributed by atoms with E-state index in [1.54, 1.807) is 18.6 Å². The molecule has 2 rings (SSSR count). The van der Waals surface area contributed by atoms with Gasteiger partial charge in [-0.3, -0.25) is 4.79 Å². The molecule has 0 atom stereocenters. The SMILES string of the molecule is Nc1cc(C(=O)NCc2ccoc2)cc(Cl)n1. The number of halogens is 1. The van der Waals surface area contributed by atoms with Crippen molar-refractivity contribution in [3.63, 3.8) is 0 Å². The number of aromatic nitrogens is 1. The molecule has 1 amide bonds. The lowest BCUT2D eigenvalue weighted by Crippen LogP contribution is -2.22. The maximum Gasteiger partial charge on any atom is 0.251 e. The first-order valence-corrected chi connectivity index (χ1v) is 5.25. The van der Waals surface area contributed by atoms with E-state index in [9.17, 15) is 4.79 Å². The summed E-state index contributed by atoms with van der Waals surface area (Å²) in [5, 5.41) is 2.91. The molecular formula is C11H10ClN3O2. The summed E-state index contributed by atoms with van der Waals surface area (Å²) >= 11 is 5.71. The maximum absolute atomic E-state index is 11.8. The summed E-state index contributed by atoms with van der Waals surface area (Å²) in [4.78, 5) is 15.5. The van der Waals surface area contributed by atoms with Crippen molar-refractivity contribution in [2.24, 2.45) is 0 Å². The summed E-state index contributed by atoms with van der Waals surface area (Å²) in [5.41, 5.74) is 6.76. The van der Waals surface area contributed by atoms with E-state index in [-0.39, 0.29) is 16.9 Å². The highest BCUT2D eigenvalue weighted by Gasteiger charge is 2.08. The molecule has 0 unspecified atom stereocenters. The van der Waals surface area contributed by atoms with Crippen LogP contribution in [0, 0.1) is 0 Å². The average Bonchev–Trinajstić information content (AvgIpc) is 2.77. The number of hydrogen-bond acceptors (Lipinski definition) is 4. The summed E-state index contributed by atoms with van der Waals surface area (Å²) < 4.78 is 4.89. The lowest BCUT2D eigenvalue weighted by atomic mass is 10.2. The van der Waals surface area contributed by atoms with Crippen LogP contribution in [-0.2, 0) is 6.54 Å². The van der Waals surface area contributed by atoms with Gasteiger partial charge in [-0.2, -0.15) is 0 Å². The summed E-state index contributed by atoms with van der Waals surface area (Å²) in [7, 11) is 0. The van der Waals surface area contributed by atoms with Crippen molar-refractivity contribution in [2.75, 3.05) is 5.73 Å². The van der Waals surface area contributed by atoms with Gasteiger partial charge in [0, 0.05) is 17.7 Å². The predicted molar refractivity (Wildman–Crippen MR) is 63.5 cm³/mol. The lowest BCUT2D eigenvalue weighted by Gasteiger charge is -2.04. The van der Waals surface area contributed by atoms with Gasteiger partial charge in [0.25, 0.3) is 5.91 Å². The van der Waals surface area contributed by atoms with Gasteiger partial charge in [0.2, 0.25) is 0 Å². The zero-order valence-electron chi connectivity index (χ0n) is 8.81. The van der Waals surface area contributed by atoms with Gasteiger partial charge in [-0.05, 0) is 18.2 Å². The first kappa shape index (κ1) is 11.5. The third-order valence-corrected chi connectivity index (χ3v) is 2.30. The van der Waals surface area contributed by atoms with Crippen LogP contribution in [0.3, 0.4) is 0 Å². The Hall–Kier alpha value is -2.01. The number of furan rings is 1. The standard InChI is InChI=1S/C11H10ClN3O2/c12-9-3-8(4-10(13)15-9)11(16)14-5-7-1-2-17-6-7/h1-4,6H,5H2,(H2,13,15)(H,14,16). The summed E-state index contributed by atoms with van der Waals surface area (Å²) in [6.07, 6.45) is 3.11. The Labute approximate surface area is 103 Å². The molecule has 0 aliphatic heterocycles. The quantitative estimate of drug-likeness (QED) is 0.816. The highest BCUT2D eigenvalue weighted by atomic mass is 35.5. The van der Waals surface area contributed by atoms with E-state index in [1.165, 1.54) is 12.1 Å². The van der Waals surface area contributed by atoms with Gasteiger partial charge in [-0.1, -0.05) is 11.6 Å². The second-order valence-electron chi connectivity index (χ2n) is 3.42. The van der Waals surface area contributed by atoms with Crippen molar-refractivity contribution >= 4 is 23.3 Å². The second kappa shape index (κ2) is 4.88. The van der Waals surface area contributed by atoms with Crippen LogP contribution in [0.15, 0.2) is 35.1 Å². The number of nitrogen functional groups attached to an aromatic ring is 1. The Morgan fingerprint density at radius 3 is 3.00 bits per heavy atom. The van der Waals surface area contributed by atoms with Crippen LogP contribution >= 0.6 is 11.6 Å². The number of rotatable bonds is 3. The highest BCUT2D eigenvalue weighted by molar-refractivity contribution is 6.29. The van der Waals surface area contributed by atoms with Gasteiger partial charge in [0.1, 0.15) is 11.0 Å². The van der Waals surface area contributed by atoms with Crippen LogP contribution < -0.4 is 11.1 Å². The maximum atomic E-state index is 11.8. The summed E-state index contributed by atoms with van der Waals surface area (Å²) in [6.45, 7) is 0.384. The van der Waals surface area contributed by atoms with Gasteiger partial charge in [0.05, 0.1) is 12.5 Å². The Morgan fingerprint density at radius 2 is 2.35 bits per heavy atom. The molecule has 0 radical (unpaired) electrons. The predicted octanol–water partition coefficient (Wildman–Crippen LogP) is 1.84. The summed E-state index contributed by atoms with van der Waals surface area (Å²) in [5.74, 6) is -0.0480. The number of anilines is 1. The molecule has 0 fully saturated rings. The molecular weight excluding hydrogens is 242 g/mol. The molecule has 2 aromatic heterocycles. The number of amides is 1. The fourth-order valence-corrected chi connectivity index (χ4v) is 1.54. The molecule has 0 saturated heterocycles. The molecule has 0 saturated carbocycles. The van der Waals surface area contributed by atoms with E-state index >= 15 is 0 Å². The average molecular weight is 252 g/mol. The molecule has 0 aliphatic rings. The van der Waals surface area contributed by atoms with Crippen molar-refractivity contribution < 1.29 is 9.21 Å². The minimum Gasteiger partial charge on any atom is -0.472 e. The van der Waals surface area contributed by atoms with E-state index in [1.807, 2.05) is 0 Å². The smallest absolute Gasteiger partial charge is 0.251 e. The number of carbonyl (C=O) groups excluding carboxylic acids is 1. The molecule has 17 heavy (non-hydrogen) atoms. The van der Waals surface area contributed by atoms with E-state index in [2.05, 4.69) is 10.3 Å². The van der Waals surface area contributed by atoms with Crippen molar-refractivity contribution in [1.82, 2.24) is 10.3 Å². The molecule has 2 aromatic rings. The minimum atomic E-state index is -0.262. The molecule has 88 valence electrons. The van der Waals surface area contributed by atoms with Crippen LogP contribution in [0.25, 0.3) is 0 Å². The number of nitrogens with zero attached hydrogens (tertiary/aromatic N) is 1. The van der Waals surface area contributed by atoms with Crippen LogP contribution in [0.2, 0.25) is 5.15 Å². The zero-order valence-corrected chi connectivity index (χ0v) is 9.57. The van der Waals surface area contributed by atoms with Crippen LogP contribution in [-0.4, -0.2) is 10.9 Å².